The zero-order chi connectivity index (χ0) is 14.6. The van der Waals surface area contributed by atoms with Crippen LogP contribution >= 0.6 is 11.6 Å². The highest BCUT2D eigenvalue weighted by Crippen LogP contribution is 2.31. The van der Waals surface area contributed by atoms with Crippen molar-refractivity contribution in [3.63, 3.8) is 0 Å². The molecule has 7 heteroatoms. The molecule has 2 aromatic rings. The van der Waals surface area contributed by atoms with Gasteiger partial charge in [-0.2, -0.15) is 13.2 Å². The topological polar surface area (TPSA) is 37.8 Å². The number of hydrogen-bond acceptors (Lipinski definition) is 3. The van der Waals surface area contributed by atoms with E-state index in [4.69, 9.17) is 11.6 Å². The maximum atomic E-state index is 12.6. The van der Waals surface area contributed by atoms with Crippen LogP contribution < -0.4 is 5.32 Å². The number of alkyl halides is 3. The monoisotopic (exact) mass is 301 g/mol. The molecule has 0 amide bonds. The molecule has 0 aromatic carbocycles. The van der Waals surface area contributed by atoms with Crippen LogP contribution in [0.15, 0.2) is 36.7 Å². The van der Waals surface area contributed by atoms with Crippen molar-refractivity contribution in [1.29, 1.82) is 0 Å². The number of nitrogens with zero attached hydrogens (tertiary/aromatic N) is 2. The summed E-state index contributed by atoms with van der Waals surface area (Å²) in [4.78, 5) is 7.77. The van der Waals surface area contributed by atoms with E-state index in [0.717, 1.165) is 17.7 Å². The lowest BCUT2D eigenvalue weighted by Crippen LogP contribution is -2.10. The molecular weight excluding hydrogens is 291 g/mol. The van der Waals surface area contributed by atoms with Gasteiger partial charge in [-0.3, -0.25) is 4.98 Å². The van der Waals surface area contributed by atoms with Crippen LogP contribution in [0.1, 0.15) is 11.1 Å². The molecule has 2 heterocycles. The van der Waals surface area contributed by atoms with E-state index in [1.54, 1.807) is 18.5 Å². The molecule has 0 saturated carbocycles. The second kappa shape index (κ2) is 6.09. The highest BCUT2D eigenvalue weighted by atomic mass is 35.5. The van der Waals surface area contributed by atoms with Crippen molar-refractivity contribution in [3.8, 4) is 0 Å². The maximum Gasteiger partial charge on any atom is 0.416 e. The van der Waals surface area contributed by atoms with Gasteiger partial charge in [0.2, 0.25) is 0 Å². The number of anilines is 1. The quantitative estimate of drug-likeness (QED) is 0.873. The molecule has 3 nitrogen and oxygen atoms in total. The van der Waals surface area contributed by atoms with Crippen molar-refractivity contribution in [2.45, 2.75) is 12.6 Å². The summed E-state index contributed by atoms with van der Waals surface area (Å²) >= 11 is 5.59. The van der Waals surface area contributed by atoms with Crippen molar-refractivity contribution in [2.75, 3.05) is 11.9 Å². The average Bonchev–Trinajstić information content (AvgIpc) is 2.38. The summed E-state index contributed by atoms with van der Waals surface area (Å²) in [6, 6.07) is 5.43. The number of pyridine rings is 2. The summed E-state index contributed by atoms with van der Waals surface area (Å²) in [6.45, 7) is 0.441. The number of rotatable bonds is 4. The van der Waals surface area contributed by atoms with Crippen LogP contribution in [0.2, 0.25) is 5.15 Å². The van der Waals surface area contributed by atoms with E-state index in [-0.39, 0.29) is 11.0 Å². The normalized spacial score (nSPS) is 11.4. The Bertz CT molecular complexity index is 573. The van der Waals surface area contributed by atoms with Crippen LogP contribution in [-0.4, -0.2) is 16.5 Å². The first kappa shape index (κ1) is 14.6. The second-order valence-corrected chi connectivity index (χ2v) is 4.49. The van der Waals surface area contributed by atoms with Crippen LogP contribution in [0.3, 0.4) is 0 Å². The first-order valence-electron chi connectivity index (χ1n) is 5.83. The van der Waals surface area contributed by atoms with Crippen molar-refractivity contribution in [2.24, 2.45) is 0 Å². The molecule has 0 spiro atoms. The van der Waals surface area contributed by atoms with Gasteiger partial charge >= 0.3 is 6.18 Å². The summed E-state index contributed by atoms with van der Waals surface area (Å²) in [6.07, 6.45) is -0.449. The minimum atomic E-state index is -4.44. The standard InChI is InChI=1S/C13H11ClF3N3/c14-11-6-10(13(15,16)17)7-12(20-11)19-5-3-9-2-1-4-18-8-9/h1-2,4,6-8H,3,5H2,(H,19,20). The third-order valence-electron chi connectivity index (χ3n) is 2.56. The fourth-order valence-corrected chi connectivity index (χ4v) is 1.84. The lowest BCUT2D eigenvalue weighted by atomic mass is 10.2. The van der Waals surface area contributed by atoms with Crippen LogP contribution in [0.5, 0.6) is 0 Å². The molecule has 106 valence electrons. The van der Waals surface area contributed by atoms with Crippen LogP contribution in [0.4, 0.5) is 19.0 Å². The average molecular weight is 302 g/mol. The molecule has 1 N–H and O–H groups in total. The van der Waals surface area contributed by atoms with Gasteiger partial charge in [-0.05, 0) is 30.2 Å². The fraction of sp³-hybridized carbons (Fsp3) is 0.231. The lowest BCUT2D eigenvalue weighted by molar-refractivity contribution is -0.137. The van der Waals surface area contributed by atoms with Crippen LogP contribution in [0, 0.1) is 0 Å². The number of halogens is 4. The molecule has 2 rings (SSSR count). The number of hydrogen-bond donors (Lipinski definition) is 1. The fourth-order valence-electron chi connectivity index (χ4n) is 1.63. The number of aromatic nitrogens is 2. The summed E-state index contributed by atoms with van der Waals surface area (Å²) < 4.78 is 37.8. The molecular formula is C13H11ClF3N3. The van der Waals surface area contributed by atoms with Gasteiger partial charge in [-0.1, -0.05) is 17.7 Å². The van der Waals surface area contributed by atoms with Crippen molar-refractivity contribution < 1.29 is 13.2 Å². The van der Waals surface area contributed by atoms with Gasteiger partial charge in [0, 0.05) is 18.9 Å². The van der Waals surface area contributed by atoms with Gasteiger partial charge in [0.05, 0.1) is 5.56 Å². The van der Waals surface area contributed by atoms with Gasteiger partial charge in [-0.25, -0.2) is 4.98 Å². The summed E-state index contributed by atoms with van der Waals surface area (Å²) in [5.41, 5.74) is 0.166. The summed E-state index contributed by atoms with van der Waals surface area (Å²) in [7, 11) is 0. The van der Waals surface area contributed by atoms with E-state index in [1.165, 1.54) is 0 Å². The van der Waals surface area contributed by atoms with Gasteiger partial charge in [-0.15, -0.1) is 0 Å². The van der Waals surface area contributed by atoms with Crippen molar-refractivity contribution in [1.82, 2.24) is 9.97 Å². The first-order valence-corrected chi connectivity index (χ1v) is 6.20. The van der Waals surface area contributed by atoms with Gasteiger partial charge in [0.15, 0.2) is 0 Å². The Morgan fingerprint density at radius 3 is 2.70 bits per heavy atom. The van der Waals surface area contributed by atoms with E-state index in [9.17, 15) is 13.2 Å². The van der Waals surface area contributed by atoms with E-state index >= 15 is 0 Å². The third kappa shape index (κ3) is 4.09. The molecule has 0 aliphatic rings. The smallest absolute Gasteiger partial charge is 0.370 e. The third-order valence-corrected chi connectivity index (χ3v) is 2.76. The molecule has 2 aromatic heterocycles. The molecule has 0 aliphatic heterocycles. The lowest BCUT2D eigenvalue weighted by Gasteiger charge is -2.10. The first-order chi connectivity index (χ1) is 9.45. The second-order valence-electron chi connectivity index (χ2n) is 4.10. The Kier molecular flexibility index (Phi) is 4.44. The van der Waals surface area contributed by atoms with Gasteiger partial charge < -0.3 is 5.32 Å². The zero-order valence-electron chi connectivity index (χ0n) is 10.3. The van der Waals surface area contributed by atoms with E-state index in [0.29, 0.717) is 13.0 Å². The Hall–Kier alpha value is -1.82. The van der Waals surface area contributed by atoms with Crippen molar-refractivity contribution >= 4 is 17.4 Å². The molecule has 0 saturated heterocycles. The largest absolute Gasteiger partial charge is 0.416 e. The maximum absolute atomic E-state index is 12.6. The predicted molar refractivity (Wildman–Crippen MR) is 70.7 cm³/mol. The summed E-state index contributed by atoms with van der Waals surface area (Å²) in [5.74, 6) is 0.105. The molecule has 0 aliphatic carbocycles. The number of nitrogens with one attached hydrogen (secondary N) is 1. The SMILES string of the molecule is FC(F)(F)c1cc(Cl)nc(NCCc2cccnc2)c1. The molecule has 0 unspecified atom stereocenters. The molecule has 0 atom stereocenters. The molecule has 0 fully saturated rings. The molecule has 0 bridgehead atoms. The van der Waals surface area contributed by atoms with Gasteiger partial charge in [0.1, 0.15) is 11.0 Å². The van der Waals surface area contributed by atoms with Gasteiger partial charge in [0.25, 0.3) is 0 Å². The van der Waals surface area contributed by atoms with Crippen LogP contribution in [0.25, 0.3) is 0 Å². The minimum Gasteiger partial charge on any atom is -0.370 e. The Morgan fingerprint density at radius 1 is 1.25 bits per heavy atom. The molecule has 0 radical (unpaired) electrons. The predicted octanol–water partition coefficient (Wildman–Crippen LogP) is 3.80. The minimum absolute atomic E-state index is 0.105. The Labute approximate surface area is 118 Å². The highest BCUT2D eigenvalue weighted by Gasteiger charge is 2.31. The molecule has 20 heavy (non-hydrogen) atoms. The highest BCUT2D eigenvalue weighted by molar-refractivity contribution is 6.29. The van der Waals surface area contributed by atoms with Crippen LogP contribution in [-0.2, 0) is 12.6 Å². The summed E-state index contributed by atoms with van der Waals surface area (Å²) in [5, 5.41) is 2.63. The van der Waals surface area contributed by atoms with Crippen molar-refractivity contribution in [3.05, 3.63) is 52.9 Å². The van der Waals surface area contributed by atoms with E-state index in [1.807, 2.05) is 6.07 Å². The zero-order valence-corrected chi connectivity index (χ0v) is 11.0. The van der Waals surface area contributed by atoms with E-state index in [2.05, 4.69) is 15.3 Å². The Morgan fingerprint density at radius 2 is 2.05 bits per heavy atom. The Balaban J connectivity index is 2.01. The van der Waals surface area contributed by atoms with E-state index < -0.39 is 11.7 Å².